The van der Waals surface area contributed by atoms with Gasteiger partial charge in [-0.3, -0.25) is 4.79 Å². The first-order chi connectivity index (χ1) is 13.0. The van der Waals surface area contributed by atoms with Crippen molar-refractivity contribution in [1.29, 1.82) is 0 Å². The fourth-order valence-electron chi connectivity index (χ4n) is 2.45. The maximum absolute atomic E-state index is 13.0. The van der Waals surface area contributed by atoms with E-state index in [1.807, 2.05) is 30.3 Å². The summed E-state index contributed by atoms with van der Waals surface area (Å²) in [6.45, 7) is 0. The third-order valence-corrected chi connectivity index (χ3v) is 6.17. The van der Waals surface area contributed by atoms with Crippen molar-refractivity contribution in [1.82, 2.24) is 7.94 Å². The van der Waals surface area contributed by atoms with E-state index in [-0.39, 0.29) is 10.9 Å². The van der Waals surface area contributed by atoms with Crippen molar-refractivity contribution in [2.75, 3.05) is 0 Å². The fraction of sp³-hybridized carbons (Fsp3) is 0.125. The van der Waals surface area contributed by atoms with Gasteiger partial charge in [0.25, 0.3) is 11.8 Å². The maximum atomic E-state index is 13.0. The van der Waals surface area contributed by atoms with Gasteiger partial charge in [0.05, 0.1) is 10.9 Å². The SMILES string of the molecule is O=c1c2cc(-c3ccccc3)ccc2n(SC(Cl)(Cl)Cl)c(=O)n1SC(Cl)(Cl)Cl. The van der Waals surface area contributed by atoms with Crippen LogP contribution >= 0.6 is 93.5 Å². The molecular weight excluding hydrogens is 529 g/mol. The van der Waals surface area contributed by atoms with Crippen molar-refractivity contribution in [3.05, 3.63) is 69.4 Å². The van der Waals surface area contributed by atoms with Crippen LogP contribution in [-0.2, 0) is 0 Å². The predicted octanol–water partition coefficient (Wildman–Crippen LogP) is 6.48. The molecule has 0 saturated heterocycles. The van der Waals surface area contributed by atoms with Crippen LogP contribution in [0.15, 0.2) is 58.1 Å². The highest BCUT2D eigenvalue weighted by molar-refractivity contribution is 8.04. The van der Waals surface area contributed by atoms with E-state index in [0.717, 1.165) is 19.1 Å². The van der Waals surface area contributed by atoms with E-state index in [2.05, 4.69) is 0 Å². The summed E-state index contributed by atoms with van der Waals surface area (Å²) in [6.07, 6.45) is 0. The molecule has 0 atom stereocenters. The topological polar surface area (TPSA) is 44.0 Å². The Hall–Kier alpha value is -0.180. The highest BCUT2D eigenvalue weighted by Gasteiger charge is 2.29. The zero-order chi connectivity index (χ0) is 20.7. The molecule has 0 bridgehead atoms. The van der Waals surface area contributed by atoms with Crippen LogP contribution in [-0.4, -0.2) is 14.2 Å². The summed E-state index contributed by atoms with van der Waals surface area (Å²) in [5, 5.41) is 0.199. The van der Waals surface area contributed by atoms with Crippen LogP contribution in [0, 0.1) is 0 Å². The van der Waals surface area contributed by atoms with Crippen LogP contribution in [0.2, 0.25) is 0 Å². The first kappa shape index (κ1) is 22.5. The van der Waals surface area contributed by atoms with Gasteiger partial charge >= 0.3 is 5.69 Å². The molecule has 0 N–H and O–H groups in total. The number of benzene rings is 2. The second-order valence-corrected chi connectivity index (χ2v) is 13.6. The molecule has 0 unspecified atom stereocenters. The molecule has 0 saturated carbocycles. The second kappa shape index (κ2) is 8.52. The average molecular weight is 537 g/mol. The minimum absolute atomic E-state index is 0.199. The van der Waals surface area contributed by atoms with E-state index in [1.54, 1.807) is 18.2 Å². The Morgan fingerprint density at radius 2 is 1.29 bits per heavy atom. The van der Waals surface area contributed by atoms with Gasteiger partial charge in [0.1, 0.15) is 0 Å². The lowest BCUT2D eigenvalue weighted by Crippen LogP contribution is -2.37. The summed E-state index contributed by atoms with van der Waals surface area (Å²) in [4.78, 5) is 25.8. The first-order valence-corrected chi connectivity index (χ1v) is 11.2. The van der Waals surface area contributed by atoms with Crippen molar-refractivity contribution in [2.45, 2.75) is 6.25 Å². The van der Waals surface area contributed by atoms with Crippen molar-refractivity contribution in [3.8, 4) is 11.1 Å². The Morgan fingerprint density at radius 1 is 0.714 bits per heavy atom. The van der Waals surface area contributed by atoms with Crippen LogP contribution in [0.1, 0.15) is 0 Å². The van der Waals surface area contributed by atoms with Crippen molar-refractivity contribution in [2.24, 2.45) is 0 Å². The van der Waals surface area contributed by atoms with E-state index >= 15 is 0 Å². The Bertz CT molecular complexity index is 1140. The number of alkyl halides is 6. The summed E-state index contributed by atoms with van der Waals surface area (Å²) in [6, 6.07) is 14.4. The van der Waals surface area contributed by atoms with Gasteiger partial charge in [-0.1, -0.05) is 106 Å². The molecule has 2 aromatic carbocycles. The zero-order valence-electron chi connectivity index (χ0n) is 13.4. The predicted molar refractivity (Wildman–Crippen MR) is 124 cm³/mol. The van der Waals surface area contributed by atoms with Gasteiger partial charge in [-0.2, -0.15) is 3.97 Å². The number of halogens is 6. The van der Waals surface area contributed by atoms with Gasteiger partial charge in [-0.15, -0.1) is 0 Å². The standard InChI is InChI=1S/C16H8Cl6N2O2S2/c17-15(18,19)27-23-12-7-6-10(9-4-2-1-3-5-9)8-11(12)13(25)24(14(23)26)28-16(20,21)22/h1-8H. The van der Waals surface area contributed by atoms with Crippen LogP contribution in [0.3, 0.4) is 0 Å². The first-order valence-electron chi connectivity index (χ1n) is 7.36. The largest absolute Gasteiger partial charge is 0.352 e. The van der Waals surface area contributed by atoms with Crippen LogP contribution < -0.4 is 11.2 Å². The van der Waals surface area contributed by atoms with Crippen molar-refractivity contribution < 1.29 is 0 Å². The quantitative estimate of drug-likeness (QED) is 0.359. The molecule has 0 fully saturated rings. The minimum atomic E-state index is -1.95. The zero-order valence-corrected chi connectivity index (χ0v) is 19.6. The highest BCUT2D eigenvalue weighted by Crippen LogP contribution is 2.41. The lowest BCUT2D eigenvalue weighted by atomic mass is 10.0. The molecule has 0 aliphatic rings. The van der Waals surface area contributed by atoms with E-state index in [4.69, 9.17) is 69.6 Å². The monoisotopic (exact) mass is 534 g/mol. The number of hydrogen-bond acceptors (Lipinski definition) is 4. The van der Waals surface area contributed by atoms with Gasteiger partial charge in [0.2, 0.25) is 0 Å². The molecule has 1 aromatic heterocycles. The summed E-state index contributed by atoms with van der Waals surface area (Å²) >= 11 is 35.9. The molecule has 28 heavy (non-hydrogen) atoms. The molecule has 3 aromatic rings. The highest BCUT2D eigenvalue weighted by atomic mass is 35.6. The van der Waals surface area contributed by atoms with Gasteiger partial charge < -0.3 is 0 Å². The normalized spacial score (nSPS) is 12.5. The molecule has 4 nitrogen and oxygen atoms in total. The number of aromatic nitrogens is 2. The lowest BCUT2D eigenvalue weighted by Gasteiger charge is -2.18. The van der Waals surface area contributed by atoms with Gasteiger partial charge in [-0.25, -0.2) is 8.77 Å². The van der Waals surface area contributed by atoms with Gasteiger partial charge in [0.15, 0.2) is 0 Å². The molecule has 3 rings (SSSR count). The Balaban J connectivity index is 2.34. The maximum Gasteiger partial charge on any atom is 0.352 e. The molecule has 148 valence electrons. The van der Waals surface area contributed by atoms with E-state index in [1.165, 1.54) is 0 Å². The summed E-state index contributed by atoms with van der Waals surface area (Å²) in [5.41, 5.74) is 0.468. The fourth-order valence-corrected chi connectivity index (χ4v) is 4.92. The Morgan fingerprint density at radius 3 is 1.86 bits per heavy atom. The van der Waals surface area contributed by atoms with E-state index in [9.17, 15) is 9.59 Å². The number of fused-ring (bicyclic) bond motifs is 1. The third kappa shape index (κ3) is 5.29. The van der Waals surface area contributed by atoms with Crippen LogP contribution in [0.4, 0.5) is 0 Å². The Labute approximate surface area is 197 Å². The molecule has 1 heterocycles. The number of nitrogens with zero attached hydrogens (tertiary/aromatic N) is 2. The minimum Gasteiger partial charge on any atom is -0.267 e. The lowest BCUT2D eigenvalue weighted by molar-refractivity contribution is 0.980. The van der Waals surface area contributed by atoms with E-state index < -0.39 is 17.5 Å². The van der Waals surface area contributed by atoms with E-state index in [0.29, 0.717) is 23.9 Å². The molecule has 0 amide bonds. The number of hydrogen-bond donors (Lipinski definition) is 0. The average Bonchev–Trinajstić information content (AvgIpc) is 2.61. The summed E-state index contributed by atoms with van der Waals surface area (Å²) in [7, 11) is 0. The smallest absolute Gasteiger partial charge is 0.267 e. The van der Waals surface area contributed by atoms with Crippen molar-refractivity contribution in [3.63, 3.8) is 0 Å². The molecule has 0 spiro atoms. The Kier molecular flexibility index (Phi) is 6.84. The van der Waals surface area contributed by atoms with Crippen molar-refractivity contribution >= 4 is 104 Å². The summed E-state index contributed by atoms with van der Waals surface area (Å²) < 4.78 is -1.99. The molecular formula is C16H8Cl6N2O2S2. The molecule has 0 aliphatic carbocycles. The third-order valence-electron chi connectivity index (χ3n) is 3.47. The van der Waals surface area contributed by atoms with Crippen LogP contribution in [0.25, 0.3) is 22.0 Å². The summed E-state index contributed by atoms with van der Waals surface area (Å²) in [5.74, 6) is 0. The number of rotatable bonds is 3. The molecule has 0 aliphatic heterocycles. The van der Waals surface area contributed by atoms with Gasteiger partial charge in [-0.05, 0) is 23.3 Å². The molecule has 12 heteroatoms. The van der Waals surface area contributed by atoms with Gasteiger partial charge in [0, 0.05) is 23.9 Å². The second-order valence-electron chi connectivity index (χ2n) is 5.35. The molecule has 0 radical (unpaired) electrons. The van der Waals surface area contributed by atoms with Crippen LogP contribution in [0.5, 0.6) is 0 Å².